The fourth-order valence-electron chi connectivity index (χ4n) is 1.67. The highest BCUT2D eigenvalue weighted by molar-refractivity contribution is 8.00. The summed E-state index contributed by atoms with van der Waals surface area (Å²) in [6.07, 6.45) is 2.17. The average Bonchev–Trinajstić information content (AvgIpc) is 2.35. The number of benzene rings is 1. The van der Waals surface area contributed by atoms with Gasteiger partial charge in [0.25, 0.3) is 0 Å². The van der Waals surface area contributed by atoms with E-state index in [9.17, 15) is 9.90 Å². The molecule has 0 fully saturated rings. The number of hydrogen-bond donors (Lipinski definition) is 2. The molecule has 5 heteroatoms. The minimum absolute atomic E-state index is 0.153. The predicted molar refractivity (Wildman–Crippen MR) is 71.0 cm³/mol. The first kappa shape index (κ1) is 12.7. The molecule has 1 aromatic heterocycles. The minimum Gasteiger partial charge on any atom is -0.508 e. The van der Waals surface area contributed by atoms with Crippen molar-refractivity contribution in [2.75, 3.05) is 0 Å². The number of fused-ring (bicyclic) bond motifs is 1. The van der Waals surface area contributed by atoms with Crippen LogP contribution in [-0.2, 0) is 4.79 Å². The molecule has 0 aliphatic heterocycles. The third-order valence-corrected chi connectivity index (χ3v) is 3.98. The van der Waals surface area contributed by atoms with Gasteiger partial charge in [0.2, 0.25) is 0 Å². The number of hydrogen-bond acceptors (Lipinski definition) is 4. The molecule has 0 bridgehead atoms. The van der Waals surface area contributed by atoms with Crippen LogP contribution in [0.15, 0.2) is 35.5 Å². The quantitative estimate of drug-likeness (QED) is 0.830. The molecule has 18 heavy (non-hydrogen) atoms. The zero-order valence-corrected chi connectivity index (χ0v) is 10.6. The number of carbonyl (C=O) groups is 1. The van der Waals surface area contributed by atoms with E-state index in [-0.39, 0.29) is 5.75 Å². The zero-order chi connectivity index (χ0) is 13.1. The third kappa shape index (κ3) is 2.56. The Morgan fingerprint density at radius 3 is 2.89 bits per heavy atom. The van der Waals surface area contributed by atoms with Crippen LogP contribution in [0.5, 0.6) is 5.75 Å². The van der Waals surface area contributed by atoms with Gasteiger partial charge in [-0.3, -0.25) is 4.79 Å². The van der Waals surface area contributed by atoms with Crippen LogP contribution in [0.1, 0.15) is 13.3 Å². The molecule has 1 aromatic carbocycles. The Kier molecular flexibility index (Phi) is 3.72. The minimum atomic E-state index is -0.846. The van der Waals surface area contributed by atoms with Crippen molar-refractivity contribution in [3.05, 3.63) is 30.5 Å². The highest BCUT2D eigenvalue weighted by Crippen LogP contribution is 2.31. The molecule has 2 aromatic rings. The number of phenolic OH excluding ortho intramolecular Hbond substituents is 1. The van der Waals surface area contributed by atoms with E-state index < -0.39 is 11.2 Å². The smallest absolute Gasteiger partial charge is 0.317 e. The number of aromatic hydroxyl groups is 1. The normalized spacial score (nSPS) is 12.5. The Bertz CT molecular complexity index is 585. The number of phenols is 1. The molecule has 2 rings (SSSR count). The summed E-state index contributed by atoms with van der Waals surface area (Å²) >= 11 is 1.21. The number of nitrogens with zero attached hydrogens (tertiary/aromatic N) is 1. The van der Waals surface area contributed by atoms with Crippen LogP contribution in [0.3, 0.4) is 0 Å². The van der Waals surface area contributed by atoms with Crippen LogP contribution in [0.25, 0.3) is 10.8 Å². The van der Waals surface area contributed by atoms with E-state index in [4.69, 9.17) is 5.11 Å². The predicted octanol–water partition coefficient (Wildman–Crippen LogP) is 2.90. The number of carboxylic acids is 1. The SMILES string of the molecule is CCC(Sc1nccc2ccc(O)cc12)C(=O)O. The number of aliphatic carboxylic acids is 1. The van der Waals surface area contributed by atoms with Crippen LogP contribution in [0, 0.1) is 0 Å². The van der Waals surface area contributed by atoms with E-state index in [2.05, 4.69) is 4.98 Å². The zero-order valence-electron chi connectivity index (χ0n) is 9.83. The van der Waals surface area contributed by atoms with Gasteiger partial charge in [0.15, 0.2) is 0 Å². The third-order valence-electron chi connectivity index (χ3n) is 2.61. The molecule has 0 aliphatic carbocycles. The van der Waals surface area contributed by atoms with Crippen molar-refractivity contribution >= 4 is 28.5 Å². The second-order valence-electron chi connectivity index (χ2n) is 3.87. The Hall–Kier alpha value is -1.75. The molecule has 1 atom stereocenters. The van der Waals surface area contributed by atoms with Gasteiger partial charge in [0, 0.05) is 11.6 Å². The van der Waals surface area contributed by atoms with Crippen LogP contribution in [0.2, 0.25) is 0 Å². The molecule has 0 aliphatic rings. The summed E-state index contributed by atoms with van der Waals surface area (Å²) in [5.74, 6) is -0.692. The first-order valence-electron chi connectivity index (χ1n) is 5.59. The molecule has 0 radical (unpaired) electrons. The standard InChI is InChI=1S/C13H13NO3S/c1-2-11(13(16)17)18-12-10-7-9(15)4-3-8(10)5-6-14-12/h3-7,11,15H,2H2,1H3,(H,16,17). The van der Waals surface area contributed by atoms with Crippen molar-refractivity contribution < 1.29 is 15.0 Å². The molecule has 0 saturated carbocycles. The highest BCUT2D eigenvalue weighted by atomic mass is 32.2. The molecule has 0 amide bonds. The van der Waals surface area contributed by atoms with Crippen LogP contribution in [0.4, 0.5) is 0 Å². The van der Waals surface area contributed by atoms with E-state index >= 15 is 0 Å². The fourth-order valence-corrected chi connectivity index (χ4v) is 2.63. The molecular weight excluding hydrogens is 250 g/mol. The van der Waals surface area contributed by atoms with Gasteiger partial charge in [-0.05, 0) is 30.0 Å². The maximum Gasteiger partial charge on any atom is 0.317 e. The van der Waals surface area contributed by atoms with Crippen LogP contribution < -0.4 is 0 Å². The van der Waals surface area contributed by atoms with Gasteiger partial charge in [-0.2, -0.15) is 0 Å². The summed E-state index contributed by atoms with van der Waals surface area (Å²) in [4.78, 5) is 15.2. The second kappa shape index (κ2) is 5.27. The summed E-state index contributed by atoms with van der Waals surface area (Å²) in [7, 11) is 0. The van der Waals surface area contributed by atoms with Gasteiger partial charge in [0.05, 0.1) is 0 Å². The fraction of sp³-hybridized carbons (Fsp3) is 0.231. The van der Waals surface area contributed by atoms with Crippen molar-refractivity contribution in [1.82, 2.24) is 4.98 Å². The Morgan fingerprint density at radius 2 is 2.22 bits per heavy atom. The van der Waals surface area contributed by atoms with Gasteiger partial charge >= 0.3 is 5.97 Å². The first-order chi connectivity index (χ1) is 8.61. The average molecular weight is 263 g/mol. The molecule has 2 N–H and O–H groups in total. The van der Waals surface area contributed by atoms with E-state index in [1.807, 2.05) is 13.0 Å². The lowest BCUT2D eigenvalue weighted by atomic mass is 10.2. The van der Waals surface area contributed by atoms with Crippen molar-refractivity contribution in [3.63, 3.8) is 0 Å². The monoisotopic (exact) mass is 263 g/mol. The van der Waals surface area contributed by atoms with Crippen molar-refractivity contribution in [1.29, 1.82) is 0 Å². The summed E-state index contributed by atoms with van der Waals surface area (Å²) in [6, 6.07) is 6.84. The molecular formula is C13H13NO3S. The Labute approximate surface area is 109 Å². The second-order valence-corrected chi connectivity index (χ2v) is 5.07. The maximum atomic E-state index is 11.0. The van der Waals surface area contributed by atoms with Crippen molar-refractivity contribution in [3.8, 4) is 5.75 Å². The number of aromatic nitrogens is 1. The summed E-state index contributed by atoms with van der Waals surface area (Å²) in [5.41, 5.74) is 0. The van der Waals surface area contributed by atoms with Gasteiger partial charge in [-0.1, -0.05) is 24.8 Å². The Balaban J connectivity index is 2.44. The number of rotatable bonds is 4. The topological polar surface area (TPSA) is 70.4 Å². The van der Waals surface area contributed by atoms with Crippen molar-refractivity contribution in [2.45, 2.75) is 23.6 Å². The first-order valence-corrected chi connectivity index (χ1v) is 6.47. The molecule has 94 valence electrons. The van der Waals surface area contributed by atoms with E-state index in [0.29, 0.717) is 11.4 Å². The largest absolute Gasteiger partial charge is 0.508 e. The summed E-state index contributed by atoms with van der Waals surface area (Å²) in [5, 5.41) is 20.4. The molecule has 1 unspecified atom stereocenters. The van der Waals surface area contributed by atoms with Gasteiger partial charge < -0.3 is 10.2 Å². The lowest BCUT2D eigenvalue weighted by molar-refractivity contribution is -0.136. The Morgan fingerprint density at radius 1 is 1.44 bits per heavy atom. The van der Waals surface area contributed by atoms with E-state index in [1.54, 1.807) is 24.4 Å². The van der Waals surface area contributed by atoms with E-state index in [0.717, 1.165) is 10.8 Å². The molecule has 4 nitrogen and oxygen atoms in total. The highest BCUT2D eigenvalue weighted by Gasteiger charge is 2.18. The lowest BCUT2D eigenvalue weighted by Gasteiger charge is -2.10. The van der Waals surface area contributed by atoms with Gasteiger partial charge in [0.1, 0.15) is 16.0 Å². The maximum absolute atomic E-state index is 11.0. The van der Waals surface area contributed by atoms with Gasteiger partial charge in [-0.15, -0.1) is 0 Å². The van der Waals surface area contributed by atoms with E-state index in [1.165, 1.54) is 11.8 Å². The summed E-state index contributed by atoms with van der Waals surface area (Å²) < 4.78 is 0. The number of pyridine rings is 1. The lowest BCUT2D eigenvalue weighted by Crippen LogP contribution is -2.14. The van der Waals surface area contributed by atoms with Gasteiger partial charge in [-0.25, -0.2) is 4.98 Å². The number of carboxylic acid groups (broad SMARTS) is 1. The van der Waals surface area contributed by atoms with Crippen LogP contribution >= 0.6 is 11.8 Å². The molecule has 0 spiro atoms. The summed E-state index contributed by atoms with van der Waals surface area (Å²) in [6.45, 7) is 1.83. The van der Waals surface area contributed by atoms with Crippen molar-refractivity contribution in [2.24, 2.45) is 0 Å². The van der Waals surface area contributed by atoms with Crippen LogP contribution in [-0.4, -0.2) is 26.4 Å². The molecule has 1 heterocycles. The molecule has 0 saturated heterocycles. The number of thioether (sulfide) groups is 1.